The van der Waals surface area contributed by atoms with E-state index in [2.05, 4.69) is 77.6 Å². The summed E-state index contributed by atoms with van der Waals surface area (Å²) in [6.45, 7) is 14.9. The smallest absolute Gasteiger partial charge is 0.191 e. The van der Waals surface area contributed by atoms with Gasteiger partial charge in [0.15, 0.2) is 5.96 Å². The molecule has 1 aromatic rings. The number of anilines is 1. The van der Waals surface area contributed by atoms with E-state index in [1.165, 1.54) is 11.3 Å². The minimum absolute atomic E-state index is 0. The summed E-state index contributed by atoms with van der Waals surface area (Å²) >= 11 is 0. The van der Waals surface area contributed by atoms with Crippen LogP contribution in [-0.4, -0.2) is 69.4 Å². The normalized spacial score (nSPS) is 19.8. The van der Waals surface area contributed by atoms with Crippen LogP contribution in [0.4, 0.5) is 5.69 Å². The van der Waals surface area contributed by atoms with Gasteiger partial charge in [-0.1, -0.05) is 38.1 Å². The van der Waals surface area contributed by atoms with Gasteiger partial charge in [0.25, 0.3) is 0 Å². The molecule has 168 valence electrons. The lowest BCUT2D eigenvalue weighted by Crippen LogP contribution is -2.50. The van der Waals surface area contributed by atoms with E-state index in [9.17, 15) is 0 Å². The fourth-order valence-electron chi connectivity index (χ4n) is 3.85. The molecule has 1 unspecified atom stereocenters. The van der Waals surface area contributed by atoms with Gasteiger partial charge < -0.3 is 20.3 Å². The average Bonchev–Trinajstić information content (AvgIpc) is 3.25. The molecule has 1 fully saturated rings. The highest BCUT2D eigenvalue weighted by Gasteiger charge is 2.21. The highest BCUT2D eigenvalue weighted by molar-refractivity contribution is 14.0. The van der Waals surface area contributed by atoms with Crippen LogP contribution < -0.4 is 15.5 Å². The van der Waals surface area contributed by atoms with Crippen molar-refractivity contribution in [1.29, 1.82) is 0 Å². The number of guanidine groups is 1. The number of hydrogen-bond acceptors (Lipinski definition) is 4. The lowest BCUT2D eigenvalue weighted by atomic mass is 10.2. The maximum Gasteiger partial charge on any atom is 0.191 e. The Morgan fingerprint density at radius 2 is 2.03 bits per heavy atom. The highest BCUT2D eigenvalue weighted by Crippen LogP contribution is 2.19. The van der Waals surface area contributed by atoms with Gasteiger partial charge in [0.1, 0.15) is 0 Å². The zero-order chi connectivity index (χ0) is 20.5. The molecule has 2 N–H and O–H groups in total. The molecule has 0 aromatic heterocycles. The van der Waals surface area contributed by atoms with Crippen LogP contribution in [0.25, 0.3) is 0 Å². The average molecular weight is 527 g/mol. The monoisotopic (exact) mass is 527 g/mol. The van der Waals surface area contributed by atoms with Crippen molar-refractivity contribution in [1.82, 2.24) is 15.5 Å². The molecule has 2 aliphatic rings. The Morgan fingerprint density at radius 1 is 1.23 bits per heavy atom. The zero-order valence-electron chi connectivity index (χ0n) is 18.6. The molecule has 2 heterocycles. The van der Waals surface area contributed by atoms with Gasteiger partial charge in [0.05, 0.1) is 19.3 Å². The van der Waals surface area contributed by atoms with Gasteiger partial charge in [-0.15, -0.1) is 24.0 Å². The van der Waals surface area contributed by atoms with Crippen LogP contribution in [0.1, 0.15) is 26.3 Å². The Hall–Kier alpha value is -1.32. The SMILES string of the molecule is CCNC(=NCc1cccc(N2CC=CC2)c1)NCC1CN(CC(C)C)CCO1.I. The summed E-state index contributed by atoms with van der Waals surface area (Å²) in [5.41, 5.74) is 2.49. The Morgan fingerprint density at radius 3 is 2.77 bits per heavy atom. The van der Waals surface area contributed by atoms with Crippen molar-refractivity contribution in [3.05, 3.63) is 42.0 Å². The van der Waals surface area contributed by atoms with E-state index in [1.807, 2.05) is 0 Å². The second kappa shape index (κ2) is 13.2. The molecule has 0 saturated carbocycles. The van der Waals surface area contributed by atoms with E-state index in [-0.39, 0.29) is 30.1 Å². The fourth-order valence-corrected chi connectivity index (χ4v) is 3.85. The summed E-state index contributed by atoms with van der Waals surface area (Å²) in [5.74, 6) is 1.54. The third kappa shape index (κ3) is 8.07. The molecule has 0 bridgehead atoms. The molecule has 30 heavy (non-hydrogen) atoms. The van der Waals surface area contributed by atoms with Crippen molar-refractivity contribution in [2.45, 2.75) is 33.4 Å². The standard InChI is InChI=1S/C23H37N5O.HI/c1-4-24-23(26-16-22-18-27(12-13-29-22)17-19(2)3)25-15-20-8-7-9-21(14-20)28-10-5-6-11-28;/h5-9,14,19,22H,4,10-13,15-18H2,1-3H3,(H2,24,25,26);1H. The van der Waals surface area contributed by atoms with E-state index < -0.39 is 0 Å². The van der Waals surface area contributed by atoms with Gasteiger partial charge in [-0.2, -0.15) is 0 Å². The Bertz CT molecular complexity index is 686. The first-order chi connectivity index (χ1) is 14.1. The summed E-state index contributed by atoms with van der Waals surface area (Å²) < 4.78 is 5.96. The zero-order valence-corrected chi connectivity index (χ0v) is 21.0. The molecule has 7 heteroatoms. The van der Waals surface area contributed by atoms with Crippen LogP contribution in [0.5, 0.6) is 0 Å². The van der Waals surface area contributed by atoms with Gasteiger partial charge in [-0.3, -0.25) is 4.90 Å². The largest absolute Gasteiger partial charge is 0.374 e. The minimum atomic E-state index is 0. The Labute approximate surface area is 199 Å². The van der Waals surface area contributed by atoms with Crippen molar-refractivity contribution in [2.75, 3.05) is 57.3 Å². The van der Waals surface area contributed by atoms with Crippen LogP contribution in [0.15, 0.2) is 41.4 Å². The fraction of sp³-hybridized carbons (Fsp3) is 0.609. The molecular weight excluding hydrogens is 489 g/mol. The van der Waals surface area contributed by atoms with Gasteiger partial charge in [0.2, 0.25) is 0 Å². The lowest BCUT2D eigenvalue weighted by Gasteiger charge is -2.34. The third-order valence-electron chi connectivity index (χ3n) is 5.20. The Kier molecular flexibility index (Phi) is 11.0. The topological polar surface area (TPSA) is 52.1 Å². The number of aliphatic imine (C=N–C) groups is 1. The summed E-state index contributed by atoms with van der Waals surface area (Å²) in [6, 6.07) is 8.69. The molecule has 0 radical (unpaired) electrons. The van der Waals surface area contributed by atoms with Crippen molar-refractivity contribution >= 4 is 35.6 Å². The van der Waals surface area contributed by atoms with Crippen LogP contribution in [0.3, 0.4) is 0 Å². The maximum absolute atomic E-state index is 5.96. The number of halogens is 1. The molecule has 0 spiro atoms. The Balaban J connectivity index is 0.00000320. The molecule has 1 aromatic carbocycles. The van der Waals surface area contributed by atoms with Crippen molar-refractivity contribution in [3.8, 4) is 0 Å². The second-order valence-electron chi connectivity index (χ2n) is 8.27. The number of ether oxygens (including phenoxy) is 1. The van der Waals surface area contributed by atoms with Crippen LogP contribution in [0, 0.1) is 5.92 Å². The number of nitrogens with zero attached hydrogens (tertiary/aromatic N) is 3. The molecule has 6 nitrogen and oxygen atoms in total. The first kappa shape index (κ1) is 24.9. The van der Waals surface area contributed by atoms with E-state index in [4.69, 9.17) is 9.73 Å². The number of rotatable bonds is 8. The minimum Gasteiger partial charge on any atom is -0.374 e. The van der Waals surface area contributed by atoms with Crippen LogP contribution in [0.2, 0.25) is 0 Å². The molecule has 0 aliphatic carbocycles. The molecule has 2 aliphatic heterocycles. The third-order valence-corrected chi connectivity index (χ3v) is 5.20. The molecule has 3 rings (SSSR count). The molecule has 0 amide bonds. The van der Waals surface area contributed by atoms with Gasteiger partial charge >= 0.3 is 0 Å². The second-order valence-corrected chi connectivity index (χ2v) is 8.27. The van der Waals surface area contributed by atoms with Crippen LogP contribution in [-0.2, 0) is 11.3 Å². The van der Waals surface area contributed by atoms with Gasteiger partial charge in [-0.05, 0) is 30.5 Å². The summed E-state index contributed by atoms with van der Waals surface area (Å²) in [6.07, 6.45) is 4.64. The number of benzene rings is 1. The first-order valence-corrected chi connectivity index (χ1v) is 11.0. The predicted octanol–water partition coefficient (Wildman–Crippen LogP) is 3.09. The van der Waals surface area contributed by atoms with E-state index in [1.54, 1.807) is 0 Å². The van der Waals surface area contributed by atoms with E-state index >= 15 is 0 Å². The number of hydrogen-bond donors (Lipinski definition) is 2. The summed E-state index contributed by atoms with van der Waals surface area (Å²) in [4.78, 5) is 9.66. The number of morpholine rings is 1. The predicted molar refractivity (Wildman–Crippen MR) is 137 cm³/mol. The number of nitrogens with one attached hydrogen (secondary N) is 2. The van der Waals surface area contributed by atoms with Crippen molar-refractivity contribution in [2.24, 2.45) is 10.9 Å². The van der Waals surface area contributed by atoms with Crippen molar-refractivity contribution < 1.29 is 4.74 Å². The molecular formula is C23H38IN5O. The summed E-state index contributed by atoms with van der Waals surface area (Å²) in [7, 11) is 0. The van der Waals surface area contributed by atoms with E-state index in [0.717, 1.165) is 58.4 Å². The van der Waals surface area contributed by atoms with E-state index in [0.29, 0.717) is 12.5 Å². The van der Waals surface area contributed by atoms with Crippen molar-refractivity contribution in [3.63, 3.8) is 0 Å². The van der Waals surface area contributed by atoms with Gasteiger partial charge in [0, 0.05) is 51.5 Å². The molecule has 1 atom stereocenters. The first-order valence-electron chi connectivity index (χ1n) is 11.0. The quantitative estimate of drug-likeness (QED) is 0.236. The summed E-state index contributed by atoms with van der Waals surface area (Å²) in [5, 5.41) is 6.83. The van der Waals surface area contributed by atoms with Crippen LogP contribution >= 0.6 is 24.0 Å². The molecule has 1 saturated heterocycles. The highest BCUT2D eigenvalue weighted by atomic mass is 127. The maximum atomic E-state index is 5.96. The van der Waals surface area contributed by atoms with Gasteiger partial charge in [-0.25, -0.2) is 4.99 Å². The lowest BCUT2D eigenvalue weighted by molar-refractivity contribution is -0.0284.